The van der Waals surface area contributed by atoms with E-state index >= 15 is 0 Å². The Balaban J connectivity index is 1.60. The molecule has 0 radical (unpaired) electrons. The molecule has 2 atom stereocenters. The van der Waals surface area contributed by atoms with Gasteiger partial charge in [-0.15, -0.1) is 0 Å². The molecule has 0 aliphatic carbocycles. The molecule has 3 rings (SSSR count). The van der Waals surface area contributed by atoms with Gasteiger partial charge < -0.3 is 9.47 Å². The van der Waals surface area contributed by atoms with Crippen LogP contribution in [-0.4, -0.2) is 18.7 Å². The number of aryl methyl sites for hydroxylation is 1. The maximum Gasteiger partial charge on any atom is 0.338 e. The van der Waals surface area contributed by atoms with Crippen LogP contribution in [0, 0.1) is 6.92 Å². The van der Waals surface area contributed by atoms with E-state index in [9.17, 15) is 4.79 Å². The van der Waals surface area contributed by atoms with E-state index < -0.39 is 6.10 Å². The Bertz CT molecular complexity index is 708. The van der Waals surface area contributed by atoms with E-state index in [1.807, 2.05) is 24.3 Å². The highest BCUT2D eigenvalue weighted by molar-refractivity contribution is 5.79. The van der Waals surface area contributed by atoms with E-state index in [0.717, 1.165) is 18.4 Å². The number of hydrogen-bond acceptors (Lipinski definition) is 3. The molecule has 1 aliphatic rings. The summed E-state index contributed by atoms with van der Waals surface area (Å²) in [6.45, 7) is 4.76. The van der Waals surface area contributed by atoms with Crippen LogP contribution >= 0.6 is 0 Å². The molecular formula is C22H26O3. The first kappa shape index (κ1) is 17.7. The van der Waals surface area contributed by atoms with E-state index in [4.69, 9.17) is 9.47 Å². The van der Waals surface area contributed by atoms with Crippen LogP contribution < -0.4 is 0 Å². The third-order valence-corrected chi connectivity index (χ3v) is 4.64. The van der Waals surface area contributed by atoms with Gasteiger partial charge in [0.25, 0.3) is 0 Å². The van der Waals surface area contributed by atoms with Crippen LogP contribution in [0.3, 0.4) is 0 Å². The number of unbranched alkanes of at least 4 members (excludes halogenated alkanes) is 3. The normalized spacial score (nSPS) is 18.8. The van der Waals surface area contributed by atoms with Crippen molar-refractivity contribution in [2.75, 3.05) is 6.61 Å². The Labute approximate surface area is 150 Å². The zero-order chi connectivity index (χ0) is 17.6. The molecule has 1 aliphatic heterocycles. The molecule has 0 amide bonds. The topological polar surface area (TPSA) is 38.8 Å². The largest absolute Gasteiger partial charge is 0.464 e. The van der Waals surface area contributed by atoms with Crippen molar-refractivity contribution in [2.24, 2.45) is 0 Å². The summed E-state index contributed by atoms with van der Waals surface area (Å²) >= 11 is 0. The van der Waals surface area contributed by atoms with Gasteiger partial charge in [0, 0.05) is 0 Å². The maximum absolute atomic E-state index is 12.1. The SMILES string of the molecule is CCCCCCOC(=O)C1OC1c1ccc(C)c(-c2ccccc2)c1. The number of hydrogen-bond donors (Lipinski definition) is 0. The molecule has 0 spiro atoms. The number of rotatable bonds is 8. The molecule has 0 saturated carbocycles. The highest BCUT2D eigenvalue weighted by Gasteiger charge is 2.47. The summed E-state index contributed by atoms with van der Waals surface area (Å²) < 4.78 is 10.9. The van der Waals surface area contributed by atoms with Crippen LogP contribution in [0.4, 0.5) is 0 Å². The van der Waals surface area contributed by atoms with Crippen LogP contribution in [-0.2, 0) is 14.3 Å². The molecule has 2 aromatic carbocycles. The summed E-state index contributed by atoms with van der Waals surface area (Å²) in [6, 6.07) is 16.5. The van der Waals surface area contributed by atoms with Gasteiger partial charge >= 0.3 is 5.97 Å². The highest BCUT2D eigenvalue weighted by Crippen LogP contribution is 2.41. The minimum absolute atomic E-state index is 0.175. The molecular weight excluding hydrogens is 312 g/mol. The first-order valence-electron chi connectivity index (χ1n) is 9.18. The second kappa shape index (κ2) is 8.30. The molecule has 3 nitrogen and oxygen atoms in total. The summed E-state index contributed by atoms with van der Waals surface area (Å²) in [5.41, 5.74) is 4.61. The van der Waals surface area contributed by atoms with Crippen molar-refractivity contribution in [3.63, 3.8) is 0 Å². The molecule has 0 aromatic heterocycles. The molecule has 25 heavy (non-hydrogen) atoms. The van der Waals surface area contributed by atoms with Gasteiger partial charge in [0.05, 0.1) is 6.61 Å². The number of carbonyl (C=O) groups is 1. The smallest absolute Gasteiger partial charge is 0.338 e. The monoisotopic (exact) mass is 338 g/mol. The lowest BCUT2D eigenvalue weighted by atomic mass is 9.96. The fourth-order valence-electron chi connectivity index (χ4n) is 3.07. The fraction of sp³-hybridized carbons (Fsp3) is 0.409. The van der Waals surface area contributed by atoms with E-state index in [0.29, 0.717) is 6.61 Å². The lowest BCUT2D eigenvalue weighted by molar-refractivity contribution is -0.145. The minimum Gasteiger partial charge on any atom is -0.464 e. The number of epoxide rings is 1. The van der Waals surface area contributed by atoms with Crippen molar-refractivity contribution in [3.8, 4) is 11.1 Å². The highest BCUT2D eigenvalue weighted by atomic mass is 16.6. The van der Waals surface area contributed by atoms with Crippen molar-refractivity contribution in [1.29, 1.82) is 0 Å². The van der Waals surface area contributed by atoms with Crippen molar-refractivity contribution in [1.82, 2.24) is 0 Å². The van der Waals surface area contributed by atoms with Gasteiger partial charge in [-0.2, -0.15) is 0 Å². The van der Waals surface area contributed by atoms with E-state index in [-0.39, 0.29) is 12.1 Å². The van der Waals surface area contributed by atoms with Gasteiger partial charge in [-0.05, 0) is 41.7 Å². The van der Waals surface area contributed by atoms with Gasteiger partial charge in [-0.1, -0.05) is 68.7 Å². The van der Waals surface area contributed by atoms with E-state index in [2.05, 4.69) is 38.1 Å². The Morgan fingerprint density at radius 2 is 1.88 bits per heavy atom. The summed E-state index contributed by atoms with van der Waals surface area (Å²) in [7, 11) is 0. The number of esters is 1. The minimum atomic E-state index is -0.447. The lowest BCUT2D eigenvalue weighted by Crippen LogP contribution is -2.13. The van der Waals surface area contributed by atoms with Crippen molar-refractivity contribution in [3.05, 3.63) is 59.7 Å². The van der Waals surface area contributed by atoms with Gasteiger partial charge in [0.2, 0.25) is 0 Å². The molecule has 2 unspecified atom stereocenters. The Kier molecular flexibility index (Phi) is 5.87. The second-order valence-corrected chi connectivity index (χ2v) is 6.65. The summed E-state index contributed by atoms with van der Waals surface area (Å²) in [6.07, 6.45) is 3.78. The summed E-state index contributed by atoms with van der Waals surface area (Å²) in [4.78, 5) is 12.1. The fourth-order valence-corrected chi connectivity index (χ4v) is 3.07. The molecule has 1 fully saturated rings. The summed E-state index contributed by atoms with van der Waals surface area (Å²) in [5.74, 6) is -0.233. The number of ether oxygens (including phenoxy) is 2. The average molecular weight is 338 g/mol. The van der Waals surface area contributed by atoms with Crippen LogP contribution in [0.25, 0.3) is 11.1 Å². The summed E-state index contributed by atoms with van der Waals surface area (Å²) in [5, 5.41) is 0. The van der Waals surface area contributed by atoms with E-state index in [1.165, 1.54) is 29.5 Å². The van der Waals surface area contributed by atoms with Crippen LogP contribution in [0.1, 0.15) is 49.8 Å². The zero-order valence-corrected chi connectivity index (χ0v) is 15.0. The predicted octanol–water partition coefficient (Wildman–Crippen LogP) is 5.23. The maximum atomic E-state index is 12.1. The Hall–Kier alpha value is -2.13. The second-order valence-electron chi connectivity index (χ2n) is 6.65. The lowest BCUT2D eigenvalue weighted by Gasteiger charge is -2.08. The number of benzene rings is 2. The third kappa shape index (κ3) is 4.49. The first-order valence-corrected chi connectivity index (χ1v) is 9.18. The molecule has 1 saturated heterocycles. The molecule has 2 aromatic rings. The standard InChI is InChI=1S/C22H26O3/c1-3-4-5-9-14-24-22(23)21-20(25-21)18-13-12-16(2)19(15-18)17-10-7-6-8-11-17/h6-8,10-13,15,20-21H,3-5,9,14H2,1-2H3. The number of carbonyl (C=O) groups excluding carboxylic acids is 1. The van der Waals surface area contributed by atoms with Crippen molar-refractivity contribution in [2.45, 2.75) is 51.7 Å². The first-order chi connectivity index (χ1) is 12.2. The molecule has 0 N–H and O–H groups in total. The third-order valence-electron chi connectivity index (χ3n) is 4.64. The average Bonchev–Trinajstić information content (AvgIpc) is 3.43. The van der Waals surface area contributed by atoms with Crippen molar-refractivity contribution < 1.29 is 14.3 Å². The van der Waals surface area contributed by atoms with Crippen LogP contribution in [0.15, 0.2) is 48.5 Å². The van der Waals surface area contributed by atoms with Gasteiger partial charge in [0.1, 0.15) is 6.10 Å². The predicted molar refractivity (Wildman–Crippen MR) is 99.3 cm³/mol. The van der Waals surface area contributed by atoms with Crippen LogP contribution in [0.5, 0.6) is 0 Å². The van der Waals surface area contributed by atoms with Crippen molar-refractivity contribution >= 4 is 5.97 Å². The van der Waals surface area contributed by atoms with E-state index in [1.54, 1.807) is 0 Å². The Morgan fingerprint density at radius 1 is 1.08 bits per heavy atom. The zero-order valence-electron chi connectivity index (χ0n) is 15.0. The molecule has 0 bridgehead atoms. The molecule has 1 heterocycles. The van der Waals surface area contributed by atoms with Crippen LogP contribution in [0.2, 0.25) is 0 Å². The van der Waals surface area contributed by atoms with Gasteiger partial charge in [-0.25, -0.2) is 4.79 Å². The quantitative estimate of drug-likeness (QED) is 0.376. The van der Waals surface area contributed by atoms with Gasteiger partial charge in [-0.3, -0.25) is 0 Å². The molecule has 132 valence electrons. The van der Waals surface area contributed by atoms with Gasteiger partial charge in [0.15, 0.2) is 6.10 Å². The molecule has 3 heteroatoms. The Morgan fingerprint density at radius 3 is 2.64 bits per heavy atom.